The Hall–Kier alpha value is -0.930. The molecule has 1 aromatic rings. The fraction of sp³-hybridized carbons (Fsp3) is 0.625. The van der Waals surface area contributed by atoms with E-state index in [9.17, 15) is 5.11 Å². The van der Waals surface area contributed by atoms with Crippen LogP contribution in [-0.4, -0.2) is 23.9 Å². The number of hydrogen-bond acceptors (Lipinski definition) is 3. The molecular formula is C16H21ClO3. The molecule has 1 aromatic carbocycles. The molecule has 110 valence electrons. The number of hydrogen-bond donors (Lipinski definition) is 1. The van der Waals surface area contributed by atoms with Crippen molar-refractivity contribution in [2.45, 2.75) is 51.0 Å². The summed E-state index contributed by atoms with van der Waals surface area (Å²) in [6, 6.07) is 1.95. The molecule has 0 saturated heterocycles. The molecule has 0 amide bonds. The summed E-state index contributed by atoms with van der Waals surface area (Å²) in [4.78, 5) is 0. The molecule has 1 aliphatic carbocycles. The number of halogens is 1. The van der Waals surface area contributed by atoms with Crippen molar-refractivity contribution in [3.8, 4) is 11.5 Å². The second kappa shape index (κ2) is 5.12. The molecule has 1 fully saturated rings. The van der Waals surface area contributed by atoms with Crippen LogP contribution in [0.5, 0.6) is 11.5 Å². The summed E-state index contributed by atoms with van der Waals surface area (Å²) >= 11 is 6.36. The molecule has 20 heavy (non-hydrogen) atoms. The van der Waals surface area contributed by atoms with Gasteiger partial charge in [-0.15, -0.1) is 0 Å². The lowest BCUT2D eigenvalue weighted by Crippen LogP contribution is -2.14. The summed E-state index contributed by atoms with van der Waals surface area (Å²) < 4.78 is 11.7. The predicted molar refractivity (Wildman–Crippen MR) is 79.0 cm³/mol. The third-order valence-corrected chi connectivity index (χ3v) is 4.30. The summed E-state index contributed by atoms with van der Waals surface area (Å²) in [5.74, 6) is 1.75. The van der Waals surface area contributed by atoms with Crippen LogP contribution in [0.25, 0.3) is 0 Å². The van der Waals surface area contributed by atoms with Gasteiger partial charge in [0.15, 0.2) is 11.5 Å². The molecule has 0 spiro atoms. The van der Waals surface area contributed by atoms with E-state index in [2.05, 4.69) is 13.8 Å². The third kappa shape index (κ3) is 2.61. The largest absolute Gasteiger partial charge is 0.489 e. The van der Waals surface area contributed by atoms with Crippen molar-refractivity contribution in [3.63, 3.8) is 0 Å². The zero-order chi connectivity index (χ0) is 14.3. The van der Waals surface area contributed by atoms with Crippen LogP contribution in [-0.2, 0) is 6.42 Å². The number of ether oxygens (including phenoxy) is 2. The van der Waals surface area contributed by atoms with Gasteiger partial charge in [-0.2, -0.15) is 0 Å². The highest BCUT2D eigenvalue weighted by atomic mass is 35.5. The molecule has 2 aliphatic rings. The van der Waals surface area contributed by atoms with Crippen LogP contribution in [0.1, 0.15) is 50.2 Å². The van der Waals surface area contributed by atoms with Crippen molar-refractivity contribution in [1.29, 1.82) is 0 Å². The monoisotopic (exact) mass is 296 g/mol. The highest BCUT2D eigenvalue weighted by molar-refractivity contribution is 6.32. The Labute approximate surface area is 124 Å². The fourth-order valence-corrected chi connectivity index (χ4v) is 3.08. The van der Waals surface area contributed by atoms with Crippen molar-refractivity contribution < 1.29 is 14.6 Å². The molecule has 0 atom stereocenters. The summed E-state index contributed by atoms with van der Waals surface area (Å²) in [6.45, 7) is 5.56. The minimum Gasteiger partial charge on any atom is -0.489 e. The van der Waals surface area contributed by atoms with Crippen LogP contribution in [0.15, 0.2) is 6.07 Å². The molecule has 1 heterocycles. The maximum atomic E-state index is 10.2. The normalized spacial score (nSPS) is 19.9. The van der Waals surface area contributed by atoms with Gasteiger partial charge in [-0.3, -0.25) is 0 Å². The van der Waals surface area contributed by atoms with Gasteiger partial charge in [0.2, 0.25) is 0 Å². The molecular weight excluding hydrogens is 276 g/mol. The summed E-state index contributed by atoms with van der Waals surface area (Å²) in [5.41, 5.74) is 1.69. The standard InChI is InChI=1S/C16H21ClO3/c1-10(2)13-11(9-16(18)4-5-16)8-12(17)14-15(13)20-7-3-6-19-14/h8,10,18H,3-7,9H2,1-2H3. The fourth-order valence-electron chi connectivity index (χ4n) is 2.81. The third-order valence-electron chi connectivity index (χ3n) is 4.02. The van der Waals surface area contributed by atoms with Gasteiger partial charge >= 0.3 is 0 Å². The lowest BCUT2D eigenvalue weighted by atomic mass is 9.91. The average Bonchev–Trinajstić information content (AvgIpc) is 3.12. The number of benzene rings is 1. The Morgan fingerprint density at radius 1 is 1.25 bits per heavy atom. The summed E-state index contributed by atoms with van der Waals surface area (Å²) in [7, 11) is 0. The van der Waals surface area contributed by atoms with E-state index in [1.54, 1.807) is 0 Å². The minimum absolute atomic E-state index is 0.306. The molecule has 1 N–H and O–H groups in total. The van der Waals surface area contributed by atoms with E-state index >= 15 is 0 Å². The van der Waals surface area contributed by atoms with Gasteiger partial charge in [-0.05, 0) is 30.4 Å². The van der Waals surface area contributed by atoms with Crippen LogP contribution >= 0.6 is 11.6 Å². The van der Waals surface area contributed by atoms with Gasteiger partial charge in [0.05, 0.1) is 23.8 Å². The number of rotatable bonds is 3. The van der Waals surface area contributed by atoms with Crippen LogP contribution in [0, 0.1) is 0 Å². The molecule has 4 heteroatoms. The van der Waals surface area contributed by atoms with Gasteiger partial charge in [0, 0.05) is 18.4 Å². The van der Waals surface area contributed by atoms with Gasteiger partial charge in [0.25, 0.3) is 0 Å². The first-order valence-corrected chi connectivity index (χ1v) is 7.71. The first kappa shape index (κ1) is 14.0. The van der Waals surface area contributed by atoms with Gasteiger partial charge in [0.1, 0.15) is 0 Å². The van der Waals surface area contributed by atoms with E-state index in [-0.39, 0.29) is 0 Å². The predicted octanol–water partition coefficient (Wildman–Crippen LogP) is 3.69. The van der Waals surface area contributed by atoms with Gasteiger partial charge in [-0.25, -0.2) is 0 Å². The van der Waals surface area contributed by atoms with Crippen LogP contribution in [0.2, 0.25) is 5.02 Å². The topological polar surface area (TPSA) is 38.7 Å². The van der Waals surface area contributed by atoms with E-state index in [1.165, 1.54) is 0 Å². The minimum atomic E-state index is -0.535. The Bertz CT molecular complexity index is 521. The molecule has 0 aromatic heterocycles. The number of fused-ring (bicyclic) bond motifs is 1. The molecule has 3 nitrogen and oxygen atoms in total. The molecule has 1 aliphatic heterocycles. The Kier molecular flexibility index (Phi) is 3.59. The van der Waals surface area contributed by atoms with E-state index < -0.39 is 5.60 Å². The van der Waals surface area contributed by atoms with Gasteiger partial charge in [-0.1, -0.05) is 25.4 Å². The molecule has 0 radical (unpaired) electrons. The maximum Gasteiger partial charge on any atom is 0.180 e. The van der Waals surface area contributed by atoms with E-state index in [4.69, 9.17) is 21.1 Å². The molecule has 1 saturated carbocycles. The van der Waals surface area contributed by atoms with Crippen molar-refractivity contribution in [3.05, 3.63) is 22.2 Å². The highest BCUT2D eigenvalue weighted by Crippen LogP contribution is 2.47. The van der Waals surface area contributed by atoms with Crippen molar-refractivity contribution in [1.82, 2.24) is 0 Å². The second-order valence-corrected chi connectivity index (χ2v) is 6.60. The zero-order valence-electron chi connectivity index (χ0n) is 12.0. The quantitative estimate of drug-likeness (QED) is 0.924. The zero-order valence-corrected chi connectivity index (χ0v) is 12.8. The van der Waals surface area contributed by atoms with E-state index in [1.807, 2.05) is 6.07 Å². The summed E-state index contributed by atoms with van der Waals surface area (Å²) in [5, 5.41) is 10.8. The van der Waals surface area contributed by atoms with Gasteiger partial charge < -0.3 is 14.6 Å². The SMILES string of the molecule is CC(C)c1c(CC2(O)CC2)cc(Cl)c2c1OCCCO2. The smallest absolute Gasteiger partial charge is 0.180 e. The Morgan fingerprint density at radius 3 is 2.50 bits per heavy atom. The molecule has 0 bridgehead atoms. The first-order valence-electron chi connectivity index (χ1n) is 7.33. The average molecular weight is 297 g/mol. The van der Waals surface area contributed by atoms with Crippen molar-refractivity contribution >= 4 is 11.6 Å². The van der Waals surface area contributed by atoms with Crippen LogP contribution in [0.3, 0.4) is 0 Å². The molecule has 0 unspecified atom stereocenters. The van der Waals surface area contributed by atoms with Crippen molar-refractivity contribution in [2.24, 2.45) is 0 Å². The Morgan fingerprint density at radius 2 is 1.90 bits per heavy atom. The summed E-state index contributed by atoms with van der Waals surface area (Å²) in [6.07, 6.45) is 3.26. The lowest BCUT2D eigenvalue weighted by Gasteiger charge is -2.22. The lowest BCUT2D eigenvalue weighted by molar-refractivity contribution is 0.150. The maximum absolute atomic E-state index is 10.2. The van der Waals surface area contributed by atoms with E-state index in [0.29, 0.717) is 36.3 Å². The van der Waals surface area contributed by atoms with Crippen LogP contribution < -0.4 is 9.47 Å². The first-order chi connectivity index (χ1) is 9.50. The number of aliphatic hydroxyl groups is 1. The Balaban J connectivity index is 2.09. The second-order valence-electron chi connectivity index (χ2n) is 6.20. The van der Waals surface area contributed by atoms with Crippen LogP contribution in [0.4, 0.5) is 0 Å². The molecule has 3 rings (SSSR count). The highest BCUT2D eigenvalue weighted by Gasteiger charge is 2.41. The van der Waals surface area contributed by atoms with Crippen molar-refractivity contribution in [2.75, 3.05) is 13.2 Å². The van der Waals surface area contributed by atoms with E-state index in [0.717, 1.165) is 36.1 Å².